The third kappa shape index (κ3) is 10.3. The Labute approximate surface area is 163 Å². The predicted molar refractivity (Wildman–Crippen MR) is 109 cm³/mol. The van der Waals surface area contributed by atoms with E-state index in [1.807, 2.05) is 13.8 Å². The summed E-state index contributed by atoms with van der Waals surface area (Å²) in [6.45, 7) is 14.4. The van der Waals surface area contributed by atoms with E-state index in [2.05, 4.69) is 39.7 Å². The van der Waals surface area contributed by atoms with Crippen LogP contribution in [0.15, 0.2) is 4.99 Å². The van der Waals surface area contributed by atoms with Gasteiger partial charge < -0.3 is 20.7 Å². The van der Waals surface area contributed by atoms with Crippen molar-refractivity contribution in [3.63, 3.8) is 0 Å². The molecule has 0 aromatic rings. The van der Waals surface area contributed by atoms with Gasteiger partial charge in [-0.2, -0.15) is 0 Å². The number of nitrogens with zero attached hydrogens (tertiary/aromatic N) is 2. The fourth-order valence-electron chi connectivity index (χ4n) is 2.54. The number of ether oxygens (including phenoxy) is 1. The first-order valence-electron chi connectivity index (χ1n) is 8.67. The number of rotatable bonds is 8. The van der Waals surface area contributed by atoms with Crippen molar-refractivity contribution in [2.24, 2.45) is 10.9 Å². The molecule has 8 heteroatoms. The fraction of sp³-hybridized carbons (Fsp3) is 0.875. The maximum atomic E-state index is 11.5. The number of hydrogen-bond acceptors (Lipinski definition) is 4. The van der Waals surface area contributed by atoms with Crippen LogP contribution >= 0.6 is 24.0 Å². The molecule has 1 rings (SSSR count). The third-order valence-corrected chi connectivity index (χ3v) is 3.44. The largest absolute Gasteiger partial charge is 0.374 e. The summed E-state index contributed by atoms with van der Waals surface area (Å²) in [7, 11) is 0. The molecule has 1 aliphatic heterocycles. The Hall–Kier alpha value is -0.610. The Bertz CT molecular complexity index is 379. The quantitative estimate of drug-likeness (QED) is 0.285. The van der Waals surface area contributed by atoms with Crippen molar-refractivity contribution in [2.75, 3.05) is 52.4 Å². The van der Waals surface area contributed by atoms with Crippen molar-refractivity contribution >= 4 is 35.8 Å². The zero-order valence-electron chi connectivity index (χ0n) is 15.4. The van der Waals surface area contributed by atoms with Crippen LogP contribution < -0.4 is 16.0 Å². The van der Waals surface area contributed by atoms with Gasteiger partial charge in [0.1, 0.15) is 6.54 Å². The Morgan fingerprint density at radius 3 is 2.58 bits per heavy atom. The van der Waals surface area contributed by atoms with Crippen LogP contribution in [-0.4, -0.2) is 75.3 Å². The van der Waals surface area contributed by atoms with Crippen LogP contribution in [0.3, 0.4) is 0 Å². The van der Waals surface area contributed by atoms with Crippen LogP contribution in [0.5, 0.6) is 0 Å². The molecule has 7 nitrogen and oxygen atoms in total. The number of guanidine groups is 1. The summed E-state index contributed by atoms with van der Waals surface area (Å²) in [6, 6.07) is 0. The first kappa shape index (κ1) is 23.4. The lowest BCUT2D eigenvalue weighted by molar-refractivity contribution is -0.119. The van der Waals surface area contributed by atoms with E-state index in [9.17, 15) is 4.79 Å². The highest BCUT2D eigenvalue weighted by molar-refractivity contribution is 14.0. The molecular weight excluding hydrogens is 421 g/mol. The van der Waals surface area contributed by atoms with E-state index >= 15 is 0 Å². The molecule has 1 heterocycles. The van der Waals surface area contributed by atoms with Crippen molar-refractivity contribution in [3.05, 3.63) is 0 Å². The number of nitrogens with one attached hydrogen (secondary N) is 3. The van der Waals surface area contributed by atoms with E-state index in [1.165, 1.54) is 0 Å². The summed E-state index contributed by atoms with van der Waals surface area (Å²) in [5, 5.41) is 9.16. The molecular formula is C16H34IN5O2. The standard InChI is InChI=1S/C16H33N5O2.HI/c1-5-17-15(22)10-20-16(18-6-2)19-9-14-12-21(7-8-23-14)11-13(3)4;/h13-14H,5-12H2,1-4H3,(H,17,22)(H2,18,19,20);1H. The second-order valence-corrected chi connectivity index (χ2v) is 6.18. The van der Waals surface area contributed by atoms with E-state index in [0.29, 0.717) is 25.0 Å². The minimum absolute atomic E-state index is 0. The van der Waals surface area contributed by atoms with Gasteiger partial charge in [0.25, 0.3) is 0 Å². The molecule has 142 valence electrons. The number of amides is 1. The summed E-state index contributed by atoms with van der Waals surface area (Å²) in [4.78, 5) is 18.2. The third-order valence-electron chi connectivity index (χ3n) is 3.44. The minimum Gasteiger partial charge on any atom is -0.374 e. The molecule has 0 saturated carbocycles. The number of likely N-dealkylation sites (N-methyl/N-ethyl adjacent to an activating group) is 1. The van der Waals surface area contributed by atoms with Crippen molar-refractivity contribution in [1.29, 1.82) is 0 Å². The van der Waals surface area contributed by atoms with E-state index in [-0.39, 0.29) is 42.5 Å². The highest BCUT2D eigenvalue weighted by atomic mass is 127. The molecule has 0 aromatic heterocycles. The van der Waals surface area contributed by atoms with Crippen molar-refractivity contribution < 1.29 is 9.53 Å². The molecule has 0 radical (unpaired) electrons. The van der Waals surface area contributed by atoms with Gasteiger partial charge in [0.15, 0.2) is 5.96 Å². The molecule has 1 atom stereocenters. The first-order chi connectivity index (χ1) is 11.0. The van der Waals surface area contributed by atoms with Crippen LogP contribution in [0.2, 0.25) is 0 Å². The van der Waals surface area contributed by atoms with Gasteiger partial charge in [-0.05, 0) is 19.8 Å². The highest BCUT2D eigenvalue weighted by Gasteiger charge is 2.21. The molecule has 1 unspecified atom stereocenters. The number of aliphatic imine (C=N–C) groups is 1. The predicted octanol–water partition coefficient (Wildman–Crippen LogP) is 0.652. The molecule has 0 aromatic carbocycles. The summed E-state index contributed by atoms with van der Waals surface area (Å²) in [6.07, 6.45) is 0.149. The zero-order valence-corrected chi connectivity index (χ0v) is 17.8. The lowest BCUT2D eigenvalue weighted by atomic mass is 10.2. The maximum absolute atomic E-state index is 11.5. The average molecular weight is 455 g/mol. The summed E-state index contributed by atoms with van der Waals surface area (Å²) in [5.74, 6) is 1.25. The van der Waals surface area contributed by atoms with Gasteiger partial charge in [0.05, 0.1) is 12.7 Å². The molecule has 0 bridgehead atoms. The smallest absolute Gasteiger partial charge is 0.241 e. The molecule has 1 amide bonds. The number of morpholine rings is 1. The number of carbonyl (C=O) groups is 1. The Morgan fingerprint density at radius 1 is 1.25 bits per heavy atom. The topological polar surface area (TPSA) is 78.0 Å². The number of carbonyl (C=O) groups excluding carboxylic acids is 1. The Kier molecular flexibility index (Phi) is 13.3. The monoisotopic (exact) mass is 455 g/mol. The van der Waals surface area contributed by atoms with Crippen LogP contribution in [0, 0.1) is 5.92 Å². The SMILES string of the molecule is CCNC(=O)CN=C(NCC)NCC1CN(CC(C)C)CCO1.I. The van der Waals surface area contributed by atoms with Gasteiger partial charge in [-0.15, -0.1) is 24.0 Å². The number of hydrogen-bond donors (Lipinski definition) is 3. The van der Waals surface area contributed by atoms with Crippen molar-refractivity contribution in [3.8, 4) is 0 Å². The number of halogens is 1. The maximum Gasteiger partial charge on any atom is 0.241 e. The van der Waals surface area contributed by atoms with Crippen LogP contribution in [-0.2, 0) is 9.53 Å². The molecule has 1 aliphatic rings. The van der Waals surface area contributed by atoms with Crippen molar-refractivity contribution in [2.45, 2.75) is 33.8 Å². The Balaban J connectivity index is 0.00000529. The van der Waals surface area contributed by atoms with Crippen molar-refractivity contribution in [1.82, 2.24) is 20.9 Å². The first-order valence-corrected chi connectivity index (χ1v) is 8.67. The lowest BCUT2D eigenvalue weighted by Crippen LogP contribution is -2.50. The normalized spacial score (nSPS) is 18.9. The van der Waals surface area contributed by atoms with Gasteiger partial charge in [-0.1, -0.05) is 13.8 Å². The van der Waals surface area contributed by atoms with Gasteiger partial charge in [0, 0.05) is 39.3 Å². The van der Waals surface area contributed by atoms with E-state index in [0.717, 1.165) is 32.8 Å². The highest BCUT2D eigenvalue weighted by Crippen LogP contribution is 2.07. The lowest BCUT2D eigenvalue weighted by Gasteiger charge is -2.34. The van der Waals surface area contributed by atoms with E-state index < -0.39 is 0 Å². The zero-order chi connectivity index (χ0) is 17.1. The van der Waals surface area contributed by atoms with Crippen LogP contribution in [0.25, 0.3) is 0 Å². The van der Waals surface area contributed by atoms with Gasteiger partial charge in [-0.3, -0.25) is 9.69 Å². The molecule has 1 saturated heterocycles. The summed E-state index contributed by atoms with van der Waals surface area (Å²) < 4.78 is 5.82. The Morgan fingerprint density at radius 2 is 1.96 bits per heavy atom. The average Bonchev–Trinajstić information content (AvgIpc) is 2.50. The molecule has 0 spiro atoms. The molecule has 3 N–H and O–H groups in total. The minimum atomic E-state index is -0.0678. The molecule has 24 heavy (non-hydrogen) atoms. The van der Waals surface area contributed by atoms with Gasteiger partial charge in [-0.25, -0.2) is 4.99 Å². The fourth-order valence-corrected chi connectivity index (χ4v) is 2.54. The van der Waals surface area contributed by atoms with Crippen LogP contribution in [0.4, 0.5) is 0 Å². The molecule has 1 fully saturated rings. The van der Waals surface area contributed by atoms with E-state index in [1.54, 1.807) is 0 Å². The van der Waals surface area contributed by atoms with E-state index in [4.69, 9.17) is 4.74 Å². The molecule has 0 aliphatic carbocycles. The second kappa shape index (κ2) is 13.7. The van der Waals surface area contributed by atoms with Gasteiger partial charge in [0.2, 0.25) is 5.91 Å². The second-order valence-electron chi connectivity index (χ2n) is 6.18. The summed E-state index contributed by atoms with van der Waals surface area (Å²) >= 11 is 0. The summed E-state index contributed by atoms with van der Waals surface area (Å²) in [5.41, 5.74) is 0. The van der Waals surface area contributed by atoms with Crippen LogP contribution in [0.1, 0.15) is 27.7 Å². The van der Waals surface area contributed by atoms with Gasteiger partial charge >= 0.3 is 0 Å².